The maximum atomic E-state index is 5.74. The van der Waals surface area contributed by atoms with Crippen molar-refractivity contribution in [1.29, 1.82) is 0 Å². The lowest BCUT2D eigenvalue weighted by atomic mass is 10.0. The zero-order valence-corrected chi connectivity index (χ0v) is 20.5. The molecule has 6 heteroatoms. The van der Waals surface area contributed by atoms with Crippen LogP contribution < -0.4 is 4.74 Å². The van der Waals surface area contributed by atoms with Crippen molar-refractivity contribution in [2.75, 3.05) is 72.7 Å². The third kappa shape index (κ3) is 18.4. The molecule has 0 amide bonds. The number of hydrogen-bond acceptors (Lipinski definition) is 6. The van der Waals surface area contributed by atoms with Crippen molar-refractivity contribution in [3.63, 3.8) is 0 Å². The van der Waals surface area contributed by atoms with Gasteiger partial charge in [0.15, 0.2) is 0 Å². The first-order valence-electron chi connectivity index (χ1n) is 12.5. The fourth-order valence-electron chi connectivity index (χ4n) is 3.10. The third-order valence-electron chi connectivity index (χ3n) is 4.93. The van der Waals surface area contributed by atoms with E-state index in [1.807, 2.05) is 6.92 Å². The van der Waals surface area contributed by atoms with Crippen molar-refractivity contribution in [2.45, 2.75) is 58.8 Å². The van der Waals surface area contributed by atoms with Gasteiger partial charge in [0.25, 0.3) is 0 Å². The van der Waals surface area contributed by atoms with Gasteiger partial charge in [-0.2, -0.15) is 0 Å². The lowest BCUT2D eigenvalue weighted by Gasteiger charge is -2.09. The quantitative estimate of drug-likeness (QED) is 0.203. The molecule has 0 bridgehead atoms. The molecule has 0 unspecified atom stereocenters. The molecule has 0 aliphatic heterocycles. The molecule has 0 spiro atoms. The smallest absolute Gasteiger partial charge is 0.119 e. The second kappa shape index (κ2) is 23.0. The molecule has 0 aliphatic rings. The van der Waals surface area contributed by atoms with Crippen LogP contribution in [0.4, 0.5) is 0 Å². The topological polar surface area (TPSA) is 55.4 Å². The lowest BCUT2D eigenvalue weighted by molar-refractivity contribution is -0.0119. The van der Waals surface area contributed by atoms with E-state index in [0.717, 1.165) is 18.8 Å². The molecule has 0 radical (unpaired) electrons. The first kappa shape index (κ1) is 28.9. The molecule has 186 valence electrons. The summed E-state index contributed by atoms with van der Waals surface area (Å²) >= 11 is 0. The highest BCUT2D eigenvalue weighted by molar-refractivity contribution is 5.27. The molecular formula is C26H46O6. The first-order chi connectivity index (χ1) is 15.9. The van der Waals surface area contributed by atoms with Gasteiger partial charge in [0, 0.05) is 6.61 Å². The predicted octanol–water partition coefficient (Wildman–Crippen LogP) is 5.07. The van der Waals surface area contributed by atoms with Gasteiger partial charge < -0.3 is 28.4 Å². The van der Waals surface area contributed by atoms with Crippen LogP contribution in [0.1, 0.15) is 57.9 Å². The zero-order chi connectivity index (χ0) is 23.0. The van der Waals surface area contributed by atoms with Crippen molar-refractivity contribution in [3.05, 3.63) is 29.8 Å². The van der Waals surface area contributed by atoms with Crippen LogP contribution in [-0.4, -0.2) is 72.7 Å². The Labute approximate surface area is 195 Å². The summed E-state index contributed by atoms with van der Waals surface area (Å²) in [5, 5.41) is 0. The fourth-order valence-corrected chi connectivity index (χ4v) is 3.10. The molecule has 0 N–H and O–H groups in total. The predicted molar refractivity (Wildman–Crippen MR) is 129 cm³/mol. The second-order valence-corrected chi connectivity index (χ2v) is 7.66. The molecule has 0 aromatic heterocycles. The highest BCUT2D eigenvalue weighted by Gasteiger charge is 1.98. The van der Waals surface area contributed by atoms with Gasteiger partial charge in [-0.3, -0.25) is 0 Å². The van der Waals surface area contributed by atoms with Crippen molar-refractivity contribution < 1.29 is 28.4 Å². The first-order valence-corrected chi connectivity index (χ1v) is 12.5. The van der Waals surface area contributed by atoms with E-state index < -0.39 is 0 Å². The number of rotatable bonds is 24. The monoisotopic (exact) mass is 454 g/mol. The van der Waals surface area contributed by atoms with Crippen LogP contribution >= 0.6 is 0 Å². The number of aryl methyl sites for hydroxylation is 1. The largest absolute Gasteiger partial charge is 0.491 e. The zero-order valence-electron chi connectivity index (χ0n) is 20.5. The summed E-state index contributed by atoms with van der Waals surface area (Å²) in [5.74, 6) is 0.899. The maximum absolute atomic E-state index is 5.74. The van der Waals surface area contributed by atoms with Crippen LogP contribution in [0.25, 0.3) is 0 Å². The summed E-state index contributed by atoms with van der Waals surface area (Å²) in [6.07, 6.45) is 9.17. The standard InChI is InChI=1S/C26H46O6/c1-3-5-6-7-8-9-10-25-11-13-26(14-12-25)32-24-23-31-22-21-30-20-19-29-18-17-28-16-15-27-4-2/h11-14H,3-10,15-24H2,1-2H3. The van der Waals surface area contributed by atoms with Gasteiger partial charge in [0.1, 0.15) is 12.4 Å². The van der Waals surface area contributed by atoms with Crippen LogP contribution in [0.2, 0.25) is 0 Å². The summed E-state index contributed by atoms with van der Waals surface area (Å²) in [7, 11) is 0. The van der Waals surface area contributed by atoms with E-state index in [1.165, 1.54) is 44.1 Å². The van der Waals surface area contributed by atoms with Crippen LogP contribution in [0.3, 0.4) is 0 Å². The fraction of sp³-hybridized carbons (Fsp3) is 0.769. The lowest BCUT2D eigenvalue weighted by Crippen LogP contribution is -2.14. The number of hydrogen-bond donors (Lipinski definition) is 0. The minimum absolute atomic E-state index is 0.545. The van der Waals surface area contributed by atoms with E-state index in [2.05, 4.69) is 31.2 Å². The van der Waals surface area contributed by atoms with E-state index in [1.54, 1.807) is 0 Å². The molecule has 1 aromatic rings. The average Bonchev–Trinajstić information content (AvgIpc) is 2.82. The van der Waals surface area contributed by atoms with Crippen LogP contribution in [0, 0.1) is 0 Å². The summed E-state index contributed by atoms with van der Waals surface area (Å²) < 4.78 is 32.7. The summed E-state index contributed by atoms with van der Waals surface area (Å²) in [5.41, 5.74) is 1.39. The van der Waals surface area contributed by atoms with E-state index in [4.69, 9.17) is 28.4 Å². The Hall–Kier alpha value is -1.18. The molecule has 0 saturated heterocycles. The molecule has 0 saturated carbocycles. The Balaban J connectivity index is 1.84. The highest BCUT2D eigenvalue weighted by Crippen LogP contribution is 2.15. The third-order valence-corrected chi connectivity index (χ3v) is 4.93. The minimum Gasteiger partial charge on any atom is -0.491 e. The van der Waals surface area contributed by atoms with Gasteiger partial charge in [-0.05, 0) is 37.5 Å². The number of unbranched alkanes of at least 4 members (excludes halogenated alkanes) is 5. The summed E-state index contributed by atoms with van der Waals surface area (Å²) in [6, 6.07) is 8.45. The Bertz CT molecular complexity index is 494. The van der Waals surface area contributed by atoms with E-state index in [-0.39, 0.29) is 0 Å². The van der Waals surface area contributed by atoms with Gasteiger partial charge in [0.05, 0.1) is 59.5 Å². The molecule has 0 heterocycles. The molecule has 1 rings (SSSR count). The Morgan fingerprint density at radius 1 is 0.500 bits per heavy atom. The van der Waals surface area contributed by atoms with Crippen molar-refractivity contribution in [2.24, 2.45) is 0 Å². The van der Waals surface area contributed by atoms with Crippen LogP contribution in [-0.2, 0) is 30.1 Å². The highest BCUT2D eigenvalue weighted by atomic mass is 16.6. The van der Waals surface area contributed by atoms with Gasteiger partial charge in [-0.15, -0.1) is 0 Å². The van der Waals surface area contributed by atoms with Crippen molar-refractivity contribution in [1.82, 2.24) is 0 Å². The Morgan fingerprint density at radius 2 is 0.969 bits per heavy atom. The Kier molecular flexibility index (Phi) is 20.7. The maximum Gasteiger partial charge on any atom is 0.119 e. The SMILES string of the molecule is CCCCCCCCc1ccc(OCCOCCOCCOCCOCCOCC)cc1. The normalized spacial score (nSPS) is 11.2. The molecular weight excluding hydrogens is 408 g/mol. The minimum atomic E-state index is 0.545. The van der Waals surface area contributed by atoms with Gasteiger partial charge in [-0.1, -0.05) is 51.2 Å². The molecule has 1 aromatic carbocycles. The Morgan fingerprint density at radius 3 is 1.50 bits per heavy atom. The van der Waals surface area contributed by atoms with Gasteiger partial charge in [0.2, 0.25) is 0 Å². The van der Waals surface area contributed by atoms with Crippen LogP contribution in [0.5, 0.6) is 5.75 Å². The van der Waals surface area contributed by atoms with Gasteiger partial charge in [-0.25, -0.2) is 0 Å². The van der Waals surface area contributed by atoms with Crippen LogP contribution in [0.15, 0.2) is 24.3 Å². The molecule has 0 atom stereocenters. The second-order valence-electron chi connectivity index (χ2n) is 7.66. The number of benzene rings is 1. The molecule has 6 nitrogen and oxygen atoms in total. The average molecular weight is 455 g/mol. The van der Waals surface area contributed by atoms with E-state index in [0.29, 0.717) is 66.1 Å². The van der Waals surface area contributed by atoms with E-state index >= 15 is 0 Å². The van der Waals surface area contributed by atoms with Crippen molar-refractivity contribution >= 4 is 0 Å². The van der Waals surface area contributed by atoms with E-state index in [9.17, 15) is 0 Å². The summed E-state index contributed by atoms with van der Waals surface area (Å²) in [4.78, 5) is 0. The molecule has 0 aliphatic carbocycles. The van der Waals surface area contributed by atoms with Crippen molar-refractivity contribution in [3.8, 4) is 5.75 Å². The van der Waals surface area contributed by atoms with Gasteiger partial charge >= 0.3 is 0 Å². The molecule has 0 fully saturated rings. The number of ether oxygens (including phenoxy) is 6. The molecule has 32 heavy (non-hydrogen) atoms. The summed E-state index contributed by atoms with van der Waals surface area (Å²) in [6.45, 7) is 10.7.